The van der Waals surface area contributed by atoms with Crippen LogP contribution in [0.1, 0.15) is 11.3 Å². The molecule has 0 aliphatic carbocycles. The molecule has 0 saturated heterocycles. The van der Waals surface area contributed by atoms with E-state index in [0.717, 1.165) is 4.57 Å². The first-order chi connectivity index (χ1) is 9.81. The summed E-state index contributed by atoms with van der Waals surface area (Å²) in [6.45, 7) is 0. The van der Waals surface area contributed by atoms with E-state index in [2.05, 4.69) is 15.9 Å². The zero-order chi connectivity index (χ0) is 15.8. The zero-order valence-electron chi connectivity index (χ0n) is 10.2. The second-order valence-corrected chi connectivity index (χ2v) is 5.37. The van der Waals surface area contributed by atoms with Gasteiger partial charge in [-0.05, 0) is 17.7 Å². The Morgan fingerprint density at radius 1 is 1.19 bits per heavy atom. The van der Waals surface area contributed by atoms with Crippen LogP contribution in [0.3, 0.4) is 0 Å². The van der Waals surface area contributed by atoms with E-state index in [0.29, 0.717) is 10.6 Å². The first kappa shape index (κ1) is 16.2. The summed E-state index contributed by atoms with van der Waals surface area (Å²) in [7, 11) is 0. The number of hydrogen-bond acceptors (Lipinski definition) is 1. The summed E-state index contributed by atoms with van der Waals surface area (Å²) in [5.41, 5.74) is -0.897. The topological polar surface area (TPSA) is 28.7 Å². The molecule has 1 heterocycles. The highest BCUT2D eigenvalue weighted by Crippen LogP contribution is 2.43. The van der Waals surface area contributed by atoms with E-state index in [1.165, 1.54) is 24.3 Å². The van der Waals surface area contributed by atoms with Crippen LogP contribution in [0.25, 0.3) is 11.3 Å². The Morgan fingerprint density at radius 3 is 2.19 bits per heavy atom. The van der Waals surface area contributed by atoms with Gasteiger partial charge in [-0.2, -0.15) is 18.4 Å². The summed E-state index contributed by atoms with van der Waals surface area (Å²) in [6, 6.07) is 7.87. The van der Waals surface area contributed by atoms with Gasteiger partial charge in [0.15, 0.2) is 0 Å². The molecule has 2 nitrogen and oxygen atoms in total. The molecule has 2 aromatic rings. The molecule has 0 unspecified atom stereocenters. The minimum Gasteiger partial charge on any atom is -0.324 e. The fourth-order valence-corrected chi connectivity index (χ4v) is 2.96. The van der Waals surface area contributed by atoms with E-state index < -0.39 is 16.9 Å². The summed E-state index contributed by atoms with van der Waals surface area (Å²) in [5, 5.41) is 9.00. The molecule has 0 radical (unpaired) electrons. The van der Waals surface area contributed by atoms with Crippen molar-refractivity contribution in [2.45, 2.75) is 11.6 Å². The largest absolute Gasteiger partial charge is 0.432 e. The molecule has 2 rings (SSSR count). The maximum absolute atomic E-state index is 13.1. The average Bonchev–Trinajstić information content (AvgIpc) is 2.71. The first-order valence-electron chi connectivity index (χ1n) is 5.52. The number of hydrogen-bond donors (Lipinski definition) is 0. The Morgan fingerprint density at radius 2 is 1.76 bits per heavy atom. The fourth-order valence-electron chi connectivity index (χ4n) is 1.99. The van der Waals surface area contributed by atoms with Gasteiger partial charge in [0.25, 0.3) is 0 Å². The SMILES string of the molecule is N#Cc1c(Cl)c(C(F)(F)F)n(CBr)c1-c1ccc(Cl)cc1. The van der Waals surface area contributed by atoms with E-state index in [1.807, 2.05) is 0 Å². The van der Waals surface area contributed by atoms with Crippen LogP contribution in [-0.4, -0.2) is 4.57 Å². The average molecular weight is 398 g/mol. The molecule has 110 valence electrons. The lowest BCUT2D eigenvalue weighted by Crippen LogP contribution is -2.13. The Balaban J connectivity index is 2.83. The molecule has 1 aromatic heterocycles. The monoisotopic (exact) mass is 396 g/mol. The Hall–Kier alpha value is -1.16. The minimum absolute atomic E-state index is 0.100. The number of rotatable bonds is 2. The third-order valence-electron chi connectivity index (χ3n) is 2.82. The number of aromatic nitrogens is 1. The highest BCUT2D eigenvalue weighted by molar-refractivity contribution is 9.08. The molecule has 0 N–H and O–H groups in total. The molecule has 0 spiro atoms. The molecule has 8 heteroatoms. The fraction of sp³-hybridized carbons (Fsp3) is 0.154. The molecule has 0 amide bonds. The number of nitrogens with zero attached hydrogens (tertiary/aromatic N) is 2. The molecule has 0 fully saturated rings. The molecule has 1 aromatic carbocycles. The molecule has 21 heavy (non-hydrogen) atoms. The van der Waals surface area contributed by atoms with Crippen molar-refractivity contribution < 1.29 is 13.2 Å². The third-order valence-corrected chi connectivity index (χ3v) is 3.94. The van der Waals surface area contributed by atoms with Crippen LogP contribution in [0.5, 0.6) is 0 Å². The lowest BCUT2D eigenvalue weighted by molar-refractivity contribution is -0.142. The normalized spacial score (nSPS) is 11.5. The second-order valence-electron chi connectivity index (χ2n) is 4.05. The maximum atomic E-state index is 13.1. The zero-order valence-corrected chi connectivity index (χ0v) is 13.3. The predicted octanol–water partition coefficient (Wildman–Crippen LogP) is 5.70. The molecular formula is C13H6BrCl2F3N2. The lowest BCUT2D eigenvalue weighted by Gasteiger charge is -2.13. The number of alkyl halides is 4. The van der Waals surface area contributed by atoms with Gasteiger partial charge >= 0.3 is 6.18 Å². The summed E-state index contributed by atoms with van der Waals surface area (Å²) in [5.74, 6) is 0. The molecule has 0 saturated carbocycles. The third kappa shape index (κ3) is 2.91. The van der Waals surface area contributed by atoms with Crippen molar-refractivity contribution in [2.75, 3.05) is 0 Å². The van der Waals surface area contributed by atoms with Crippen LogP contribution in [0.4, 0.5) is 13.2 Å². The molecular weight excluding hydrogens is 392 g/mol. The quantitative estimate of drug-likeness (QED) is 0.597. The minimum atomic E-state index is -4.67. The Bertz CT molecular complexity index is 715. The van der Waals surface area contributed by atoms with Gasteiger partial charge in [0, 0.05) is 5.02 Å². The number of benzene rings is 1. The van der Waals surface area contributed by atoms with Crippen LogP contribution < -0.4 is 0 Å². The van der Waals surface area contributed by atoms with Gasteiger partial charge in [-0.25, -0.2) is 0 Å². The van der Waals surface area contributed by atoms with Gasteiger partial charge in [-0.3, -0.25) is 0 Å². The highest BCUT2D eigenvalue weighted by Gasteiger charge is 2.40. The van der Waals surface area contributed by atoms with Crippen molar-refractivity contribution in [3.05, 3.63) is 45.6 Å². The standard InChI is InChI=1S/C13H6BrCl2F3N2/c14-6-21-11(7-1-3-8(15)4-2-7)9(5-20)10(16)12(21)13(17,18)19/h1-4H,6H2. The first-order valence-corrected chi connectivity index (χ1v) is 7.40. The van der Waals surface area contributed by atoms with Crippen molar-refractivity contribution in [3.63, 3.8) is 0 Å². The van der Waals surface area contributed by atoms with Crippen molar-refractivity contribution in [1.29, 1.82) is 5.26 Å². The van der Waals surface area contributed by atoms with Gasteiger partial charge < -0.3 is 4.57 Å². The summed E-state index contributed by atoms with van der Waals surface area (Å²) in [4.78, 5) is 0. The predicted molar refractivity (Wildman–Crippen MR) is 78.5 cm³/mol. The van der Waals surface area contributed by atoms with E-state index >= 15 is 0 Å². The Kier molecular flexibility index (Phi) is 4.57. The van der Waals surface area contributed by atoms with Crippen molar-refractivity contribution in [3.8, 4) is 17.3 Å². The molecule has 0 atom stereocenters. The highest BCUT2D eigenvalue weighted by atomic mass is 79.9. The van der Waals surface area contributed by atoms with Crippen LogP contribution in [0.2, 0.25) is 10.0 Å². The van der Waals surface area contributed by atoms with Gasteiger partial charge in [-0.15, -0.1) is 0 Å². The van der Waals surface area contributed by atoms with Gasteiger partial charge in [0.05, 0.1) is 21.7 Å². The Labute approximate surface area is 136 Å². The summed E-state index contributed by atoms with van der Waals surface area (Å²) >= 11 is 14.5. The van der Waals surface area contributed by atoms with Crippen molar-refractivity contribution in [2.24, 2.45) is 0 Å². The van der Waals surface area contributed by atoms with Crippen LogP contribution in [0, 0.1) is 11.3 Å². The van der Waals surface area contributed by atoms with Crippen LogP contribution in [-0.2, 0) is 11.6 Å². The van der Waals surface area contributed by atoms with Crippen LogP contribution >= 0.6 is 39.1 Å². The summed E-state index contributed by atoms with van der Waals surface area (Å²) < 4.78 is 40.4. The molecule has 0 bridgehead atoms. The second kappa shape index (κ2) is 5.91. The van der Waals surface area contributed by atoms with Gasteiger partial charge in [0.2, 0.25) is 0 Å². The number of halogens is 6. The van der Waals surface area contributed by atoms with Gasteiger partial charge in [0.1, 0.15) is 11.8 Å². The van der Waals surface area contributed by atoms with Crippen LogP contribution in [0.15, 0.2) is 24.3 Å². The smallest absolute Gasteiger partial charge is 0.324 e. The maximum Gasteiger partial charge on any atom is 0.432 e. The van der Waals surface area contributed by atoms with Gasteiger partial charge in [-0.1, -0.05) is 51.3 Å². The van der Waals surface area contributed by atoms with Crippen molar-refractivity contribution in [1.82, 2.24) is 4.57 Å². The number of nitriles is 1. The molecule has 0 aliphatic heterocycles. The van der Waals surface area contributed by atoms with Crippen molar-refractivity contribution >= 4 is 39.1 Å². The van der Waals surface area contributed by atoms with E-state index in [1.54, 1.807) is 6.07 Å². The lowest BCUT2D eigenvalue weighted by atomic mass is 10.1. The van der Waals surface area contributed by atoms with E-state index in [4.69, 9.17) is 28.5 Å². The molecule has 0 aliphatic rings. The van der Waals surface area contributed by atoms with E-state index in [9.17, 15) is 13.2 Å². The summed E-state index contributed by atoms with van der Waals surface area (Å²) in [6.07, 6.45) is -4.67. The van der Waals surface area contributed by atoms with E-state index in [-0.39, 0.29) is 16.7 Å².